The number of hydrogen-bond donors (Lipinski definition) is 3. The lowest BCUT2D eigenvalue weighted by atomic mass is 10.0. The van der Waals surface area contributed by atoms with Crippen LogP contribution in [0.25, 0.3) is 22.2 Å². The number of aliphatic hydroxyl groups is 1. The van der Waals surface area contributed by atoms with E-state index < -0.39 is 0 Å². The van der Waals surface area contributed by atoms with Gasteiger partial charge in [-0.3, -0.25) is 14.4 Å². The van der Waals surface area contributed by atoms with E-state index in [0.717, 1.165) is 42.0 Å². The zero-order valence-electron chi connectivity index (χ0n) is 23.1. The lowest BCUT2D eigenvalue weighted by molar-refractivity contribution is -0.131. The average molecular weight is 549 g/mol. The number of fused-ring (bicyclic) bond motifs is 1. The summed E-state index contributed by atoms with van der Waals surface area (Å²) in [5.74, 6) is 2.12. The van der Waals surface area contributed by atoms with E-state index >= 15 is 0 Å². The van der Waals surface area contributed by atoms with Gasteiger partial charge in [-0.2, -0.15) is 0 Å². The van der Waals surface area contributed by atoms with Gasteiger partial charge in [0.15, 0.2) is 5.78 Å². The molecule has 40 heavy (non-hydrogen) atoms. The molecule has 2 aromatic heterocycles. The zero-order chi connectivity index (χ0) is 29.1. The molecule has 4 N–H and O–H groups in total. The lowest BCUT2D eigenvalue weighted by Crippen LogP contribution is -2.48. The molecule has 10 nitrogen and oxygen atoms in total. The lowest BCUT2D eigenvalue weighted by Gasteiger charge is -2.32. The number of piperazine rings is 1. The Kier molecular flexibility index (Phi) is 11.0. The number of hydrogen-bond acceptors (Lipinski definition) is 7. The fourth-order valence-electron chi connectivity index (χ4n) is 4.44. The summed E-state index contributed by atoms with van der Waals surface area (Å²) in [7, 11) is 2.59. The van der Waals surface area contributed by atoms with Crippen LogP contribution in [0.3, 0.4) is 0 Å². The van der Waals surface area contributed by atoms with Gasteiger partial charge in [0, 0.05) is 56.2 Å². The normalized spacial score (nSPS) is 14.4. The zero-order valence-corrected chi connectivity index (χ0v) is 23.1. The van der Waals surface area contributed by atoms with Gasteiger partial charge in [-0.25, -0.2) is 0 Å². The number of ether oxygens (including phenoxy) is 1. The van der Waals surface area contributed by atoms with E-state index in [1.54, 1.807) is 23.1 Å². The molecule has 3 aromatic rings. The van der Waals surface area contributed by atoms with E-state index in [1.807, 2.05) is 54.6 Å². The van der Waals surface area contributed by atoms with Gasteiger partial charge in [0.05, 0.1) is 24.6 Å². The van der Waals surface area contributed by atoms with Crippen LogP contribution in [0.1, 0.15) is 29.5 Å². The van der Waals surface area contributed by atoms with Crippen molar-refractivity contribution in [2.45, 2.75) is 19.9 Å². The second-order valence-electron chi connectivity index (χ2n) is 8.92. The molecule has 10 heteroatoms. The summed E-state index contributed by atoms with van der Waals surface area (Å²) in [6.07, 6.45) is 13.0. The topological polar surface area (TPSA) is 142 Å². The first-order valence-electron chi connectivity index (χ1n) is 12.9. The number of nitrogens with zero attached hydrogens (tertiary/aromatic N) is 2. The highest BCUT2D eigenvalue weighted by atomic mass is 16.5. The highest BCUT2D eigenvalue weighted by Gasteiger charge is 2.22. The third-order valence-electron chi connectivity index (χ3n) is 6.50. The highest BCUT2D eigenvalue weighted by Crippen LogP contribution is 2.36. The van der Waals surface area contributed by atoms with Gasteiger partial charge in [-0.05, 0) is 43.7 Å². The van der Waals surface area contributed by atoms with Crippen LogP contribution in [0.2, 0.25) is 0 Å². The number of nitrogens with two attached hydrogens (primary N) is 1. The number of methoxy groups -OCH3 is 1. The van der Waals surface area contributed by atoms with E-state index in [9.17, 15) is 14.4 Å². The number of amides is 2. The fraction of sp³-hybridized carbons (Fsp3) is 0.300. The molecule has 1 saturated heterocycles. The molecule has 0 atom stereocenters. The molecule has 0 saturated carbocycles. The Bertz CT molecular complexity index is 1410. The minimum Gasteiger partial charge on any atom is -0.496 e. The van der Waals surface area contributed by atoms with Crippen LogP contribution in [-0.4, -0.2) is 78.4 Å². The molecular weight excluding hydrogens is 512 g/mol. The van der Waals surface area contributed by atoms with Crippen molar-refractivity contribution >= 4 is 29.0 Å². The van der Waals surface area contributed by atoms with Crippen molar-refractivity contribution in [3.05, 3.63) is 77.7 Å². The second kappa shape index (κ2) is 14.7. The molecular formula is C30H36N4O6. The van der Waals surface area contributed by atoms with Crippen molar-refractivity contribution in [2.75, 3.05) is 40.4 Å². The molecule has 212 valence electrons. The molecule has 0 spiro atoms. The van der Waals surface area contributed by atoms with Crippen LogP contribution in [0.15, 0.2) is 70.8 Å². The third kappa shape index (κ3) is 6.96. The molecule has 0 radical (unpaired) electrons. The smallest absolute Gasteiger partial charge is 0.253 e. The number of rotatable bonds is 6. The average Bonchev–Trinajstić information content (AvgIpc) is 3.58. The fourth-order valence-corrected chi connectivity index (χ4v) is 4.44. The number of aromatic amines is 1. The third-order valence-corrected chi connectivity index (χ3v) is 6.50. The second-order valence-corrected chi connectivity index (χ2v) is 8.92. The van der Waals surface area contributed by atoms with Gasteiger partial charge in [0.25, 0.3) is 5.91 Å². The van der Waals surface area contributed by atoms with Crippen LogP contribution in [-0.2, 0) is 16.1 Å². The van der Waals surface area contributed by atoms with Crippen LogP contribution in [0.4, 0.5) is 0 Å². The summed E-state index contributed by atoms with van der Waals surface area (Å²) in [5, 5.41) is 7.77. The molecule has 1 aliphatic carbocycles. The molecule has 5 rings (SSSR count). The first kappa shape index (κ1) is 30.1. The van der Waals surface area contributed by atoms with Crippen LogP contribution in [0.5, 0.6) is 5.75 Å². The molecule has 3 heterocycles. The Labute approximate surface area is 233 Å². The molecule has 2 aliphatic rings. The van der Waals surface area contributed by atoms with E-state index in [4.69, 9.17) is 20.0 Å². The maximum Gasteiger partial charge on any atom is 0.253 e. The predicted octanol–water partition coefficient (Wildman–Crippen LogP) is 3.44. The van der Waals surface area contributed by atoms with Crippen molar-refractivity contribution in [1.29, 1.82) is 0 Å². The van der Waals surface area contributed by atoms with Gasteiger partial charge >= 0.3 is 0 Å². The number of carbonyl (C=O) groups is 3. The summed E-state index contributed by atoms with van der Waals surface area (Å²) in [6, 6.07) is 7.46. The van der Waals surface area contributed by atoms with Gasteiger partial charge in [0.1, 0.15) is 17.3 Å². The predicted molar refractivity (Wildman–Crippen MR) is 154 cm³/mol. The summed E-state index contributed by atoms with van der Waals surface area (Å²) in [5.41, 5.74) is 8.59. The number of aromatic nitrogens is 1. The number of ketones is 1. The highest BCUT2D eigenvalue weighted by molar-refractivity contribution is 6.12. The van der Waals surface area contributed by atoms with Crippen LogP contribution in [0, 0.1) is 0 Å². The molecule has 2 amide bonds. The van der Waals surface area contributed by atoms with Gasteiger partial charge in [-0.1, -0.05) is 24.3 Å². The summed E-state index contributed by atoms with van der Waals surface area (Å²) >= 11 is 0. The van der Waals surface area contributed by atoms with Crippen molar-refractivity contribution < 1.29 is 28.6 Å². The molecule has 0 bridgehead atoms. The number of Topliss-reactive ketones (excluding diaryl/α,β-unsaturated/α-hetero) is 1. The maximum absolute atomic E-state index is 12.2. The Morgan fingerprint density at radius 2 is 1.88 bits per heavy atom. The van der Waals surface area contributed by atoms with E-state index in [-0.39, 0.29) is 11.7 Å². The first-order chi connectivity index (χ1) is 19.5. The van der Waals surface area contributed by atoms with Crippen LogP contribution < -0.4 is 10.5 Å². The number of carbonyl (C=O) groups excluding carboxylic acids is 3. The Morgan fingerprint density at radius 3 is 2.50 bits per heavy atom. The first-order valence-corrected chi connectivity index (χ1v) is 12.9. The molecule has 1 aliphatic heterocycles. The number of furan rings is 1. The maximum atomic E-state index is 12.2. The van der Waals surface area contributed by atoms with Gasteiger partial charge in [0.2, 0.25) is 6.41 Å². The minimum atomic E-state index is -0.0150. The Morgan fingerprint density at radius 1 is 1.12 bits per heavy atom. The minimum absolute atomic E-state index is 0.0150. The van der Waals surface area contributed by atoms with Crippen molar-refractivity contribution in [1.82, 2.24) is 14.8 Å². The number of aliphatic hydroxyl groups excluding tert-OH is 1. The molecule has 1 fully saturated rings. The van der Waals surface area contributed by atoms with Crippen LogP contribution >= 0.6 is 0 Å². The van der Waals surface area contributed by atoms with Gasteiger partial charge in [-0.15, -0.1) is 0 Å². The Hall–Kier alpha value is -4.41. The number of nitrogens with one attached hydrogen (secondary N) is 1. The SMILES string of the molecule is CO.COc1ccc(-c2ccc(CN)o2)c2[nH]cc(C(C)=O)c12.O=CN1CCN(C(=O)C2=CC=CCC=C2)CC1. The quantitative estimate of drug-likeness (QED) is 0.316. The van der Waals surface area contributed by atoms with E-state index in [2.05, 4.69) is 4.98 Å². The summed E-state index contributed by atoms with van der Waals surface area (Å²) < 4.78 is 11.1. The Balaban J connectivity index is 0.000000212. The van der Waals surface area contributed by atoms with Crippen molar-refractivity contribution in [2.24, 2.45) is 5.73 Å². The summed E-state index contributed by atoms with van der Waals surface area (Å²) in [4.78, 5) is 41.2. The monoisotopic (exact) mass is 548 g/mol. The van der Waals surface area contributed by atoms with Gasteiger partial charge < -0.3 is 34.8 Å². The number of benzene rings is 1. The van der Waals surface area contributed by atoms with Crippen molar-refractivity contribution in [3.63, 3.8) is 0 Å². The summed E-state index contributed by atoms with van der Waals surface area (Å²) in [6.45, 7) is 4.37. The largest absolute Gasteiger partial charge is 0.496 e. The van der Waals surface area contributed by atoms with E-state index in [1.165, 1.54) is 6.92 Å². The standard InChI is InChI=1S/C16H16N2O3.C13H16N2O2.CH4O/c1-9(19)12-8-18-16-11(4-6-14(20-2)15(12)16)13-5-3-10(7-17)21-13;16-11-14-7-9-15(10-8-14)13(17)12-5-3-1-2-4-6-12;1-2/h3-6,8,18H,7,17H2,1-2H3;1,3-6,11H,2,7-10H2;2H,1H3. The van der Waals surface area contributed by atoms with E-state index in [0.29, 0.717) is 55.6 Å². The molecule has 1 aromatic carbocycles. The number of H-pyrrole nitrogens is 1. The molecule has 0 unspecified atom stereocenters. The van der Waals surface area contributed by atoms with Crippen molar-refractivity contribution in [3.8, 4) is 17.1 Å². The number of allylic oxidation sites excluding steroid dienone is 4.